The van der Waals surface area contributed by atoms with Crippen LogP contribution in [0, 0.1) is 6.92 Å². The van der Waals surface area contributed by atoms with Crippen molar-refractivity contribution in [3.8, 4) is 0 Å². The SMILES string of the molecule is COC(=O)NCc1cc(C(C)=NN=C(C)c2ccc(C)s2)ccc1Cl. The second-order valence-electron chi connectivity index (χ2n) is 5.43. The number of halogens is 1. The van der Waals surface area contributed by atoms with E-state index in [1.165, 1.54) is 12.0 Å². The molecule has 1 amide bonds. The van der Waals surface area contributed by atoms with Gasteiger partial charge in [0.25, 0.3) is 0 Å². The predicted octanol–water partition coefficient (Wildman–Crippen LogP) is 4.80. The first-order valence-electron chi connectivity index (χ1n) is 7.67. The summed E-state index contributed by atoms with van der Waals surface area (Å²) in [5.41, 5.74) is 3.32. The Morgan fingerprint density at radius 1 is 1.20 bits per heavy atom. The van der Waals surface area contributed by atoms with E-state index < -0.39 is 6.09 Å². The molecule has 0 bridgehead atoms. The van der Waals surface area contributed by atoms with Gasteiger partial charge in [-0.1, -0.05) is 17.7 Å². The van der Waals surface area contributed by atoms with E-state index in [0.717, 1.165) is 27.4 Å². The molecule has 0 aliphatic heterocycles. The number of alkyl carbamates (subject to hydrolysis) is 1. The summed E-state index contributed by atoms with van der Waals surface area (Å²) in [7, 11) is 1.32. The van der Waals surface area contributed by atoms with Crippen molar-refractivity contribution in [2.45, 2.75) is 27.3 Å². The topological polar surface area (TPSA) is 63.0 Å². The molecule has 0 aliphatic carbocycles. The van der Waals surface area contributed by atoms with Crippen molar-refractivity contribution in [3.63, 3.8) is 0 Å². The molecule has 0 saturated heterocycles. The lowest BCUT2D eigenvalue weighted by atomic mass is 10.1. The van der Waals surface area contributed by atoms with Gasteiger partial charge in [0.15, 0.2) is 0 Å². The van der Waals surface area contributed by atoms with E-state index >= 15 is 0 Å². The van der Waals surface area contributed by atoms with Crippen LogP contribution in [0.25, 0.3) is 0 Å². The molecule has 1 aromatic carbocycles. The molecular weight excluding hydrogens is 358 g/mol. The number of hydrogen-bond donors (Lipinski definition) is 1. The highest BCUT2D eigenvalue weighted by Crippen LogP contribution is 2.19. The van der Waals surface area contributed by atoms with E-state index in [4.69, 9.17) is 11.6 Å². The summed E-state index contributed by atoms with van der Waals surface area (Å²) in [5, 5.41) is 11.8. The van der Waals surface area contributed by atoms with E-state index in [1.807, 2.05) is 32.0 Å². The smallest absolute Gasteiger partial charge is 0.407 e. The fraction of sp³-hybridized carbons (Fsp3) is 0.278. The van der Waals surface area contributed by atoms with Gasteiger partial charge in [0.2, 0.25) is 0 Å². The molecule has 0 atom stereocenters. The number of benzene rings is 1. The Bertz CT molecular complexity index is 827. The number of nitrogens with one attached hydrogen (secondary N) is 1. The van der Waals surface area contributed by atoms with Crippen molar-refractivity contribution in [3.05, 3.63) is 56.2 Å². The third kappa shape index (κ3) is 5.41. The summed E-state index contributed by atoms with van der Waals surface area (Å²) in [5.74, 6) is 0. The number of hydrogen-bond acceptors (Lipinski definition) is 5. The zero-order valence-electron chi connectivity index (χ0n) is 14.6. The van der Waals surface area contributed by atoms with Crippen LogP contribution >= 0.6 is 22.9 Å². The van der Waals surface area contributed by atoms with Crippen molar-refractivity contribution in [2.24, 2.45) is 10.2 Å². The molecule has 0 radical (unpaired) electrons. The lowest BCUT2D eigenvalue weighted by Gasteiger charge is -2.08. The maximum atomic E-state index is 11.2. The van der Waals surface area contributed by atoms with Crippen molar-refractivity contribution in [1.29, 1.82) is 0 Å². The van der Waals surface area contributed by atoms with E-state index in [9.17, 15) is 4.79 Å². The minimum absolute atomic E-state index is 0.281. The molecule has 0 spiro atoms. The zero-order chi connectivity index (χ0) is 18.4. The van der Waals surface area contributed by atoms with Gasteiger partial charge < -0.3 is 10.1 Å². The summed E-state index contributed by atoms with van der Waals surface area (Å²) in [4.78, 5) is 13.6. The van der Waals surface area contributed by atoms with Gasteiger partial charge in [-0.25, -0.2) is 4.79 Å². The van der Waals surface area contributed by atoms with Crippen LogP contribution in [0.4, 0.5) is 4.79 Å². The van der Waals surface area contributed by atoms with Crippen LogP contribution in [0.2, 0.25) is 5.02 Å². The molecule has 5 nitrogen and oxygen atoms in total. The van der Waals surface area contributed by atoms with Crippen LogP contribution in [-0.4, -0.2) is 24.6 Å². The molecule has 132 valence electrons. The Morgan fingerprint density at radius 3 is 2.56 bits per heavy atom. The summed E-state index contributed by atoms with van der Waals surface area (Å²) in [6, 6.07) is 9.65. The number of methoxy groups -OCH3 is 1. The molecule has 0 unspecified atom stereocenters. The van der Waals surface area contributed by atoms with Gasteiger partial charge in [-0.15, -0.1) is 11.3 Å². The molecule has 1 aromatic heterocycles. The molecule has 0 fully saturated rings. The van der Waals surface area contributed by atoms with Gasteiger partial charge in [-0.2, -0.15) is 10.2 Å². The normalized spacial score (nSPS) is 12.2. The van der Waals surface area contributed by atoms with Crippen LogP contribution in [0.1, 0.15) is 34.7 Å². The first-order chi connectivity index (χ1) is 11.9. The molecule has 2 rings (SSSR count). The summed E-state index contributed by atoms with van der Waals surface area (Å²) < 4.78 is 4.56. The number of carbonyl (C=O) groups is 1. The number of rotatable bonds is 5. The molecule has 25 heavy (non-hydrogen) atoms. The molecule has 1 N–H and O–H groups in total. The van der Waals surface area contributed by atoms with E-state index in [1.54, 1.807) is 17.4 Å². The predicted molar refractivity (Wildman–Crippen MR) is 104 cm³/mol. The van der Waals surface area contributed by atoms with Crippen LogP contribution < -0.4 is 5.32 Å². The maximum Gasteiger partial charge on any atom is 0.407 e. The van der Waals surface area contributed by atoms with Crippen molar-refractivity contribution >= 4 is 40.5 Å². The number of amides is 1. The lowest BCUT2D eigenvalue weighted by molar-refractivity contribution is 0.170. The Labute approximate surface area is 156 Å². The minimum atomic E-state index is -0.502. The van der Waals surface area contributed by atoms with Gasteiger partial charge in [-0.3, -0.25) is 0 Å². The second-order valence-corrected chi connectivity index (χ2v) is 7.13. The number of thiophene rings is 1. The lowest BCUT2D eigenvalue weighted by Crippen LogP contribution is -2.22. The summed E-state index contributed by atoms with van der Waals surface area (Å²) in [6.45, 7) is 6.17. The van der Waals surface area contributed by atoms with Gasteiger partial charge in [0.1, 0.15) is 0 Å². The zero-order valence-corrected chi connectivity index (χ0v) is 16.2. The molecular formula is C18H20ClN3O2S. The standard InChI is InChI=1S/C18H20ClN3O2S/c1-11-5-8-17(25-11)13(3)22-21-12(2)14-6-7-16(19)15(9-14)10-20-18(23)24-4/h5-9H,10H2,1-4H3,(H,20,23). The van der Waals surface area contributed by atoms with E-state index in [-0.39, 0.29) is 6.54 Å². The van der Waals surface area contributed by atoms with Crippen molar-refractivity contribution in [1.82, 2.24) is 5.32 Å². The van der Waals surface area contributed by atoms with Crippen molar-refractivity contribution in [2.75, 3.05) is 7.11 Å². The van der Waals surface area contributed by atoms with Gasteiger partial charge in [0.05, 0.1) is 23.4 Å². The largest absolute Gasteiger partial charge is 0.453 e. The highest BCUT2D eigenvalue weighted by atomic mass is 35.5. The number of carbonyl (C=O) groups excluding carboxylic acids is 1. The second kappa shape index (κ2) is 8.78. The van der Waals surface area contributed by atoms with Crippen molar-refractivity contribution < 1.29 is 9.53 Å². The van der Waals surface area contributed by atoms with E-state index in [0.29, 0.717) is 5.02 Å². The molecule has 0 saturated carbocycles. The Morgan fingerprint density at radius 2 is 1.92 bits per heavy atom. The van der Waals surface area contributed by atoms with E-state index in [2.05, 4.69) is 33.2 Å². The molecule has 2 aromatic rings. The Kier molecular flexibility index (Phi) is 6.73. The molecule has 1 heterocycles. The maximum absolute atomic E-state index is 11.2. The van der Waals surface area contributed by atoms with Crippen LogP contribution in [-0.2, 0) is 11.3 Å². The number of ether oxygens (including phenoxy) is 1. The van der Waals surface area contributed by atoms with Crippen LogP contribution in [0.3, 0.4) is 0 Å². The third-order valence-corrected chi connectivity index (χ3v) is 5.00. The average molecular weight is 378 g/mol. The van der Waals surface area contributed by atoms with Gasteiger partial charge in [0, 0.05) is 16.4 Å². The molecule has 0 aliphatic rings. The number of nitrogens with zero attached hydrogens (tertiary/aromatic N) is 2. The number of aryl methyl sites for hydroxylation is 1. The van der Waals surface area contributed by atoms with Crippen LogP contribution in [0.15, 0.2) is 40.5 Å². The average Bonchev–Trinajstić information content (AvgIpc) is 3.04. The summed E-state index contributed by atoms with van der Waals surface area (Å²) >= 11 is 7.87. The van der Waals surface area contributed by atoms with Gasteiger partial charge >= 0.3 is 6.09 Å². The van der Waals surface area contributed by atoms with Crippen LogP contribution in [0.5, 0.6) is 0 Å². The Hall–Kier alpha value is -2.18. The highest BCUT2D eigenvalue weighted by molar-refractivity contribution is 7.14. The first-order valence-corrected chi connectivity index (χ1v) is 8.86. The third-order valence-electron chi connectivity index (χ3n) is 3.52. The monoisotopic (exact) mass is 377 g/mol. The first kappa shape index (κ1) is 19.1. The minimum Gasteiger partial charge on any atom is -0.453 e. The fourth-order valence-electron chi connectivity index (χ4n) is 2.06. The Balaban J connectivity index is 2.18. The van der Waals surface area contributed by atoms with Gasteiger partial charge in [-0.05, 0) is 56.2 Å². The fourth-order valence-corrected chi connectivity index (χ4v) is 3.05. The quantitative estimate of drug-likeness (QED) is 0.600. The molecule has 7 heteroatoms. The highest BCUT2D eigenvalue weighted by Gasteiger charge is 2.07. The summed E-state index contributed by atoms with van der Waals surface area (Å²) in [6.07, 6.45) is -0.502.